The number of benzene rings is 2. The molecule has 0 aliphatic carbocycles. The number of hydrogen-bond acceptors (Lipinski definition) is 4. The Morgan fingerprint density at radius 1 is 1.15 bits per heavy atom. The van der Waals surface area contributed by atoms with E-state index in [1.165, 1.54) is 38.0 Å². The van der Waals surface area contributed by atoms with E-state index in [1.807, 2.05) is 6.20 Å². The summed E-state index contributed by atoms with van der Waals surface area (Å²) in [6.07, 6.45) is 4.15. The van der Waals surface area contributed by atoms with Gasteiger partial charge in [0.25, 0.3) is 0 Å². The molecule has 5 heteroatoms. The van der Waals surface area contributed by atoms with Crippen LogP contribution in [-0.4, -0.2) is 15.2 Å². The lowest BCUT2D eigenvalue weighted by Crippen LogP contribution is -2.19. The highest BCUT2D eigenvalue weighted by molar-refractivity contribution is 7.18. The van der Waals surface area contributed by atoms with Crippen LogP contribution in [0, 0.1) is 6.92 Å². The molecule has 2 aromatic carbocycles. The van der Waals surface area contributed by atoms with Crippen molar-refractivity contribution in [3.63, 3.8) is 0 Å². The Balaban J connectivity index is 1.69. The summed E-state index contributed by atoms with van der Waals surface area (Å²) in [7, 11) is 0. The Hall–Kier alpha value is -2.66. The molecule has 2 aromatic heterocycles. The average Bonchev–Trinajstić information content (AvgIpc) is 3.28. The summed E-state index contributed by atoms with van der Waals surface area (Å²) in [4.78, 5) is 4.61. The lowest BCUT2D eigenvalue weighted by atomic mass is 9.84. The molecule has 27 heavy (non-hydrogen) atoms. The van der Waals surface area contributed by atoms with Gasteiger partial charge in [0.1, 0.15) is 0 Å². The molecule has 0 amide bonds. The number of hydrogen-bond donors (Lipinski definition) is 2. The van der Waals surface area contributed by atoms with E-state index in [0.717, 1.165) is 28.9 Å². The number of aromatic amines is 1. The summed E-state index contributed by atoms with van der Waals surface area (Å²) >= 11 is 1.77. The number of aromatic nitrogens is 3. The van der Waals surface area contributed by atoms with Gasteiger partial charge >= 0.3 is 0 Å². The Bertz CT molecular complexity index is 1200. The summed E-state index contributed by atoms with van der Waals surface area (Å²) in [5.41, 5.74) is 8.82. The maximum Gasteiger partial charge on any atom is 0.0907 e. The van der Waals surface area contributed by atoms with Crippen LogP contribution in [0.25, 0.3) is 26.7 Å². The van der Waals surface area contributed by atoms with E-state index in [9.17, 15) is 0 Å². The molecule has 0 radical (unpaired) electrons. The molecule has 1 atom stereocenters. The molecule has 0 bridgehead atoms. The SMILES string of the molecule is CCCC1=C(C)c2c(ccc3[nH]ncc23)NC1c1ccc2nc(C)sc2c1. The number of allylic oxidation sites excluding steroid dienone is 1. The minimum atomic E-state index is 0.202. The Morgan fingerprint density at radius 3 is 2.89 bits per heavy atom. The molecular formula is C22H22N4S. The Labute approximate surface area is 162 Å². The maximum atomic E-state index is 4.61. The number of anilines is 1. The van der Waals surface area contributed by atoms with Crippen molar-refractivity contribution in [1.29, 1.82) is 0 Å². The second-order valence-corrected chi connectivity index (χ2v) is 8.49. The monoisotopic (exact) mass is 374 g/mol. The van der Waals surface area contributed by atoms with Gasteiger partial charge in [0, 0.05) is 16.6 Å². The highest BCUT2D eigenvalue weighted by atomic mass is 32.1. The fraction of sp³-hybridized carbons (Fsp3) is 0.273. The molecule has 0 saturated carbocycles. The van der Waals surface area contributed by atoms with Crippen LogP contribution in [-0.2, 0) is 0 Å². The average molecular weight is 375 g/mol. The third-order valence-electron chi connectivity index (χ3n) is 5.50. The van der Waals surface area contributed by atoms with Crippen LogP contribution in [0.15, 0.2) is 42.1 Å². The molecule has 1 aliphatic rings. The first-order valence-corrected chi connectivity index (χ1v) is 10.3. The fourth-order valence-electron chi connectivity index (χ4n) is 4.28. The minimum absolute atomic E-state index is 0.202. The second-order valence-electron chi connectivity index (χ2n) is 7.26. The van der Waals surface area contributed by atoms with Gasteiger partial charge in [-0.05, 0) is 61.2 Å². The predicted molar refractivity (Wildman–Crippen MR) is 114 cm³/mol. The summed E-state index contributed by atoms with van der Waals surface area (Å²) < 4.78 is 1.26. The molecule has 1 aliphatic heterocycles. The van der Waals surface area contributed by atoms with Crippen LogP contribution in [0.3, 0.4) is 0 Å². The van der Waals surface area contributed by atoms with Gasteiger partial charge in [0.05, 0.1) is 33.0 Å². The Kier molecular flexibility index (Phi) is 3.79. The summed E-state index contributed by atoms with van der Waals surface area (Å²) in [5, 5.41) is 13.5. The fourth-order valence-corrected chi connectivity index (χ4v) is 5.16. The summed E-state index contributed by atoms with van der Waals surface area (Å²) in [6.45, 7) is 6.59. The van der Waals surface area contributed by atoms with Crippen molar-refractivity contribution in [2.24, 2.45) is 0 Å². The molecule has 3 heterocycles. The third-order valence-corrected chi connectivity index (χ3v) is 6.43. The highest BCUT2D eigenvalue weighted by Gasteiger charge is 2.27. The van der Waals surface area contributed by atoms with E-state index < -0.39 is 0 Å². The first-order valence-electron chi connectivity index (χ1n) is 9.45. The lowest BCUT2D eigenvalue weighted by Gasteiger charge is -2.32. The van der Waals surface area contributed by atoms with E-state index in [-0.39, 0.29) is 6.04 Å². The van der Waals surface area contributed by atoms with Crippen LogP contribution < -0.4 is 5.32 Å². The zero-order chi connectivity index (χ0) is 18.5. The van der Waals surface area contributed by atoms with Crippen molar-refractivity contribution in [2.75, 3.05) is 5.32 Å². The highest BCUT2D eigenvalue weighted by Crippen LogP contribution is 2.45. The van der Waals surface area contributed by atoms with Crippen LogP contribution in [0.4, 0.5) is 5.69 Å². The molecular weight excluding hydrogens is 352 g/mol. The first-order chi connectivity index (χ1) is 13.2. The number of fused-ring (bicyclic) bond motifs is 4. The van der Waals surface area contributed by atoms with Gasteiger partial charge < -0.3 is 5.32 Å². The van der Waals surface area contributed by atoms with Gasteiger partial charge in [0.15, 0.2) is 0 Å². The molecule has 4 aromatic rings. The number of nitrogens with one attached hydrogen (secondary N) is 2. The number of thiazole rings is 1. The van der Waals surface area contributed by atoms with Crippen molar-refractivity contribution < 1.29 is 0 Å². The van der Waals surface area contributed by atoms with Gasteiger partial charge in [-0.2, -0.15) is 5.10 Å². The minimum Gasteiger partial charge on any atom is -0.374 e. The van der Waals surface area contributed by atoms with E-state index in [0.29, 0.717) is 0 Å². The molecule has 136 valence electrons. The van der Waals surface area contributed by atoms with Crippen LogP contribution in [0.2, 0.25) is 0 Å². The zero-order valence-electron chi connectivity index (χ0n) is 15.8. The van der Waals surface area contributed by atoms with Crippen molar-refractivity contribution >= 4 is 43.7 Å². The van der Waals surface area contributed by atoms with Crippen molar-refractivity contribution in [3.05, 3.63) is 58.2 Å². The molecule has 0 spiro atoms. The largest absolute Gasteiger partial charge is 0.374 e. The van der Waals surface area contributed by atoms with Gasteiger partial charge in [0.2, 0.25) is 0 Å². The smallest absolute Gasteiger partial charge is 0.0907 e. The van der Waals surface area contributed by atoms with Gasteiger partial charge in [-0.3, -0.25) is 5.10 Å². The number of rotatable bonds is 3. The molecule has 1 unspecified atom stereocenters. The maximum absolute atomic E-state index is 4.61. The van der Waals surface area contributed by atoms with E-state index in [4.69, 9.17) is 0 Å². The van der Waals surface area contributed by atoms with Crippen LogP contribution in [0.5, 0.6) is 0 Å². The number of nitrogens with zero attached hydrogens (tertiary/aromatic N) is 2. The molecule has 4 nitrogen and oxygen atoms in total. The molecule has 0 fully saturated rings. The number of H-pyrrole nitrogens is 1. The topological polar surface area (TPSA) is 53.6 Å². The number of aryl methyl sites for hydroxylation is 1. The van der Waals surface area contributed by atoms with Gasteiger partial charge in [-0.15, -0.1) is 11.3 Å². The molecule has 5 rings (SSSR count). The van der Waals surface area contributed by atoms with Crippen molar-refractivity contribution in [2.45, 2.75) is 39.7 Å². The molecule has 2 N–H and O–H groups in total. The van der Waals surface area contributed by atoms with E-state index in [2.05, 4.69) is 71.6 Å². The van der Waals surface area contributed by atoms with Crippen molar-refractivity contribution in [3.8, 4) is 0 Å². The van der Waals surface area contributed by atoms with E-state index in [1.54, 1.807) is 11.3 Å². The summed E-state index contributed by atoms with van der Waals surface area (Å²) in [5.74, 6) is 0. The summed E-state index contributed by atoms with van der Waals surface area (Å²) in [6, 6.07) is 11.2. The Morgan fingerprint density at radius 2 is 2.04 bits per heavy atom. The van der Waals surface area contributed by atoms with Crippen molar-refractivity contribution in [1.82, 2.24) is 15.2 Å². The first kappa shape index (κ1) is 16.5. The lowest BCUT2D eigenvalue weighted by molar-refractivity contribution is 0.788. The third kappa shape index (κ3) is 2.57. The predicted octanol–water partition coefficient (Wildman–Crippen LogP) is 6.22. The van der Waals surface area contributed by atoms with Crippen LogP contribution in [0.1, 0.15) is 48.9 Å². The van der Waals surface area contributed by atoms with Gasteiger partial charge in [-0.25, -0.2) is 4.98 Å². The second kappa shape index (κ2) is 6.20. The zero-order valence-corrected chi connectivity index (χ0v) is 16.6. The standard InChI is InChI=1S/C22H22N4S/c1-4-5-15-12(2)21-16-11-23-26-17(16)8-9-19(21)25-22(15)14-6-7-18-20(10-14)27-13(3)24-18/h6-11,22,25H,4-5H2,1-3H3,(H,23,26). The van der Waals surface area contributed by atoms with Gasteiger partial charge in [-0.1, -0.05) is 19.4 Å². The van der Waals surface area contributed by atoms with Crippen LogP contribution >= 0.6 is 11.3 Å². The quantitative estimate of drug-likeness (QED) is 0.447. The molecule has 0 saturated heterocycles. The van der Waals surface area contributed by atoms with E-state index >= 15 is 0 Å². The normalized spacial score (nSPS) is 16.8.